The summed E-state index contributed by atoms with van der Waals surface area (Å²) in [5, 5.41) is 21.6. The number of rotatable bonds is 6. The number of hydrogen-bond donors (Lipinski definition) is 3. The fraction of sp³-hybridized carbons (Fsp3) is 0.458. The summed E-state index contributed by atoms with van der Waals surface area (Å²) in [6.07, 6.45) is 7.85. The van der Waals surface area contributed by atoms with Gasteiger partial charge >= 0.3 is 0 Å². The lowest BCUT2D eigenvalue weighted by atomic mass is 9.84. The van der Waals surface area contributed by atoms with Crippen LogP contribution in [-0.2, 0) is 5.54 Å². The minimum atomic E-state index is -0.173. The van der Waals surface area contributed by atoms with Crippen LogP contribution in [-0.4, -0.2) is 21.3 Å². The van der Waals surface area contributed by atoms with Gasteiger partial charge in [0.15, 0.2) is 5.82 Å². The summed E-state index contributed by atoms with van der Waals surface area (Å²) in [4.78, 5) is 15.4. The summed E-state index contributed by atoms with van der Waals surface area (Å²) in [5.41, 5.74) is 2.77. The van der Waals surface area contributed by atoms with Gasteiger partial charge in [-0.25, -0.2) is 0 Å². The van der Waals surface area contributed by atoms with Crippen LogP contribution in [0.4, 0.5) is 11.5 Å². The molecule has 0 amide bonds. The van der Waals surface area contributed by atoms with E-state index in [0.29, 0.717) is 23.5 Å². The number of benzene rings is 1. The van der Waals surface area contributed by atoms with Crippen LogP contribution in [0.15, 0.2) is 41.3 Å². The minimum absolute atomic E-state index is 0.00421. The lowest BCUT2D eigenvalue weighted by Crippen LogP contribution is -2.43. The quantitative estimate of drug-likeness (QED) is 0.556. The van der Waals surface area contributed by atoms with Crippen LogP contribution < -0.4 is 16.2 Å². The number of fused-ring (bicyclic) bond motifs is 1. The molecule has 0 radical (unpaired) electrons. The van der Waals surface area contributed by atoms with E-state index in [-0.39, 0.29) is 17.1 Å². The van der Waals surface area contributed by atoms with Gasteiger partial charge in [-0.15, -0.1) is 0 Å². The molecule has 2 aliphatic rings. The van der Waals surface area contributed by atoms with Crippen molar-refractivity contribution in [3.8, 4) is 6.07 Å². The first-order chi connectivity index (χ1) is 15.1. The number of piperidine rings is 1. The Bertz CT molecular complexity index is 1180. The Morgan fingerprint density at radius 2 is 2.10 bits per heavy atom. The maximum atomic E-state index is 12.6. The Kier molecular flexibility index (Phi) is 5.03. The third kappa shape index (κ3) is 3.72. The molecule has 1 saturated heterocycles. The Morgan fingerprint density at radius 1 is 1.29 bits per heavy atom. The maximum absolute atomic E-state index is 12.6. The van der Waals surface area contributed by atoms with Gasteiger partial charge in [-0.2, -0.15) is 10.4 Å². The summed E-state index contributed by atoms with van der Waals surface area (Å²) in [7, 11) is 0. The minimum Gasteiger partial charge on any atom is -0.338 e. The predicted octanol–water partition coefficient (Wildman–Crippen LogP) is 4.32. The molecule has 7 heteroatoms. The van der Waals surface area contributed by atoms with Crippen molar-refractivity contribution >= 4 is 22.4 Å². The van der Waals surface area contributed by atoms with Crippen molar-refractivity contribution in [1.82, 2.24) is 20.1 Å². The molecular formula is C24H28N6O. The molecule has 2 atom stereocenters. The zero-order valence-electron chi connectivity index (χ0n) is 17.8. The highest BCUT2D eigenvalue weighted by Gasteiger charge is 2.34. The van der Waals surface area contributed by atoms with Gasteiger partial charge in [-0.3, -0.25) is 9.48 Å². The van der Waals surface area contributed by atoms with Crippen LogP contribution in [0.2, 0.25) is 0 Å². The normalized spacial score (nSPS) is 22.2. The second-order valence-electron chi connectivity index (χ2n) is 9.05. The molecule has 0 spiro atoms. The zero-order valence-corrected chi connectivity index (χ0v) is 17.8. The molecule has 3 aromatic rings. The molecule has 3 N–H and O–H groups in total. The monoisotopic (exact) mass is 416 g/mol. The molecule has 0 bridgehead atoms. The van der Waals surface area contributed by atoms with Crippen LogP contribution in [0.3, 0.4) is 0 Å². The predicted molar refractivity (Wildman–Crippen MR) is 121 cm³/mol. The second kappa shape index (κ2) is 7.86. The third-order valence-corrected chi connectivity index (χ3v) is 6.81. The van der Waals surface area contributed by atoms with E-state index in [9.17, 15) is 10.1 Å². The standard InChI is InChI=1S/C24H28N6O/c1-24(12-2-3-14-27-24)17-6-8-18(9-7-17)28-22-21-20(11-15-26-23(21)31)30(29-22)19(10-13-25)16-4-5-16/h6-9,11,15-16,19,27H,2-5,10,12,14H2,1H3,(H,26,31)(H,28,29)/t19-,24?/m0/s1. The van der Waals surface area contributed by atoms with Crippen molar-refractivity contribution < 1.29 is 0 Å². The van der Waals surface area contributed by atoms with E-state index in [1.807, 2.05) is 22.9 Å². The Hall–Kier alpha value is -3.11. The van der Waals surface area contributed by atoms with E-state index in [1.54, 1.807) is 6.20 Å². The average molecular weight is 417 g/mol. The van der Waals surface area contributed by atoms with Gasteiger partial charge in [0.1, 0.15) is 5.39 Å². The number of hydrogen-bond acceptors (Lipinski definition) is 5. The van der Waals surface area contributed by atoms with E-state index < -0.39 is 0 Å². The number of anilines is 2. The molecule has 1 aliphatic heterocycles. The van der Waals surface area contributed by atoms with Crippen LogP contribution >= 0.6 is 0 Å². The molecule has 31 heavy (non-hydrogen) atoms. The summed E-state index contributed by atoms with van der Waals surface area (Å²) in [5.74, 6) is 0.994. The van der Waals surface area contributed by atoms with Crippen LogP contribution in [0.5, 0.6) is 0 Å². The molecule has 7 nitrogen and oxygen atoms in total. The van der Waals surface area contributed by atoms with Crippen molar-refractivity contribution in [2.75, 3.05) is 11.9 Å². The van der Waals surface area contributed by atoms with E-state index >= 15 is 0 Å². The van der Waals surface area contributed by atoms with Crippen molar-refractivity contribution in [2.45, 2.75) is 57.0 Å². The number of nitrogens with zero attached hydrogens (tertiary/aromatic N) is 3. The summed E-state index contributed by atoms with van der Waals surface area (Å²) in [6.45, 7) is 3.31. The van der Waals surface area contributed by atoms with E-state index in [2.05, 4.69) is 40.7 Å². The number of nitrogens with one attached hydrogen (secondary N) is 3. The Labute approximate surface area is 181 Å². The third-order valence-electron chi connectivity index (χ3n) is 6.81. The molecule has 5 rings (SSSR count). The molecule has 160 valence electrons. The van der Waals surface area contributed by atoms with Crippen molar-refractivity contribution in [3.63, 3.8) is 0 Å². The number of nitriles is 1. The van der Waals surface area contributed by atoms with Crippen LogP contribution in [0.1, 0.15) is 57.1 Å². The molecule has 2 aromatic heterocycles. The summed E-state index contributed by atoms with van der Waals surface area (Å²) < 4.78 is 1.88. The Balaban J connectivity index is 1.48. The van der Waals surface area contributed by atoms with Gasteiger partial charge in [-0.05, 0) is 68.8 Å². The van der Waals surface area contributed by atoms with Gasteiger partial charge in [0.25, 0.3) is 5.56 Å². The zero-order chi connectivity index (χ0) is 21.4. The first kappa shape index (κ1) is 19.8. The first-order valence-corrected chi connectivity index (χ1v) is 11.2. The van der Waals surface area contributed by atoms with Crippen molar-refractivity contribution in [2.24, 2.45) is 5.92 Å². The molecule has 1 saturated carbocycles. The van der Waals surface area contributed by atoms with E-state index in [1.165, 1.54) is 18.4 Å². The van der Waals surface area contributed by atoms with Gasteiger partial charge in [0.2, 0.25) is 0 Å². The van der Waals surface area contributed by atoms with E-state index in [4.69, 9.17) is 5.10 Å². The fourth-order valence-corrected chi connectivity index (χ4v) is 4.83. The highest BCUT2D eigenvalue weighted by molar-refractivity contribution is 5.91. The van der Waals surface area contributed by atoms with Gasteiger partial charge < -0.3 is 15.6 Å². The van der Waals surface area contributed by atoms with Crippen molar-refractivity contribution in [3.05, 3.63) is 52.4 Å². The Morgan fingerprint density at radius 3 is 2.77 bits per heavy atom. The number of aromatic nitrogens is 3. The SMILES string of the molecule is CC1(c2ccc(Nc3nn([C@@H](CC#N)C4CC4)c4cc[nH]c(=O)c34)cc2)CCCCN1. The van der Waals surface area contributed by atoms with Crippen LogP contribution in [0, 0.1) is 17.2 Å². The van der Waals surface area contributed by atoms with E-state index in [0.717, 1.165) is 37.0 Å². The van der Waals surface area contributed by atoms with Crippen LogP contribution in [0.25, 0.3) is 10.9 Å². The lowest BCUT2D eigenvalue weighted by molar-refractivity contribution is 0.283. The van der Waals surface area contributed by atoms with Gasteiger partial charge in [0.05, 0.1) is 24.0 Å². The number of aromatic amines is 1. The lowest BCUT2D eigenvalue weighted by Gasteiger charge is -2.35. The smallest absolute Gasteiger partial charge is 0.261 e. The topological polar surface area (TPSA) is 98.5 Å². The second-order valence-corrected chi connectivity index (χ2v) is 9.05. The highest BCUT2D eigenvalue weighted by atomic mass is 16.1. The first-order valence-electron chi connectivity index (χ1n) is 11.2. The number of H-pyrrole nitrogens is 1. The molecule has 3 heterocycles. The fourth-order valence-electron chi connectivity index (χ4n) is 4.83. The molecule has 2 fully saturated rings. The van der Waals surface area contributed by atoms with Crippen molar-refractivity contribution in [1.29, 1.82) is 5.26 Å². The molecular weight excluding hydrogens is 388 g/mol. The maximum Gasteiger partial charge on any atom is 0.261 e. The summed E-state index contributed by atoms with van der Waals surface area (Å²) >= 11 is 0. The van der Waals surface area contributed by atoms with Gasteiger partial charge in [0, 0.05) is 17.4 Å². The largest absolute Gasteiger partial charge is 0.338 e. The molecule has 1 aliphatic carbocycles. The molecule has 1 aromatic carbocycles. The van der Waals surface area contributed by atoms with Gasteiger partial charge in [-0.1, -0.05) is 18.6 Å². The molecule has 1 unspecified atom stereocenters. The summed E-state index contributed by atoms with van der Waals surface area (Å²) in [6, 6.07) is 12.6. The average Bonchev–Trinajstić information content (AvgIpc) is 3.55. The number of pyridine rings is 1. The highest BCUT2D eigenvalue weighted by Crippen LogP contribution is 2.43.